The fourth-order valence-corrected chi connectivity index (χ4v) is 2.19. The van der Waals surface area contributed by atoms with Gasteiger partial charge >= 0.3 is 6.18 Å². The van der Waals surface area contributed by atoms with Crippen molar-refractivity contribution < 1.29 is 13.2 Å². The third kappa shape index (κ3) is 3.42. The summed E-state index contributed by atoms with van der Waals surface area (Å²) in [6.45, 7) is 3.63. The van der Waals surface area contributed by atoms with E-state index in [0.29, 0.717) is 6.54 Å². The minimum Gasteiger partial charge on any atom is -0.351 e. The Morgan fingerprint density at radius 2 is 1.80 bits per heavy atom. The maximum Gasteiger partial charge on any atom is 0.416 e. The second-order valence-corrected chi connectivity index (χ2v) is 4.54. The molecule has 0 atom stereocenters. The molecule has 1 N–H and O–H groups in total. The zero-order valence-corrected chi connectivity index (χ0v) is 11.2. The number of benzene rings is 1. The number of halogens is 3. The van der Waals surface area contributed by atoms with Gasteiger partial charge < -0.3 is 9.88 Å². The van der Waals surface area contributed by atoms with Crippen LogP contribution in [0.3, 0.4) is 0 Å². The van der Waals surface area contributed by atoms with Crippen molar-refractivity contribution in [2.75, 3.05) is 0 Å². The maximum absolute atomic E-state index is 12.8. The Balaban J connectivity index is 2.02. The molecule has 5 heteroatoms. The predicted octanol–water partition coefficient (Wildman–Crippen LogP) is 3.82. The molecule has 0 saturated heterocycles. The van der Waals surface area contributed by atoms with Crippen LogP contribution in [0.1, 0.15) is 23.7 Å². The Kier molecular flexibility index (Phi) is 4.49. The fourth-order valence-electron chi connectivity index (χ4n) is 2.19. The first kappa shape index (κ1) is 14.7. The molecule has 0 aliphatic carbocycles. The quantitative estimate of drug-likeness (QED) is 0.882. The van der Waals surface area contributed by atoms with E-state index in [0.717, 1.165) is 18.3 Å². The van der Waals surface area contributed by atoms with Gasteiger partial charge in [0.15, 0.2) is 0 Å². The van der Waals surface area contributed by atoms with Crippen LogP contribution in [0.25, 0.3) is 0 Å². The van der Waals surface area contributed by atoms with E-state index in [4.69, 9.17) is 0 Å². The van der Waals surface area contributed by atoms with Crippen molar-refractivity contribution in [3.63, 3.8) is 0 Å². The molecule has 108 valence electrons. The summed E-state index contributed by atoms with van der Waals surface area (Å²) in [4.78, 5) is 0. The zero-order valence-electron chi connectivity index (χ0n) is 11.2. The second kappa shape index (κ2) is 6.13. The van der Waals surface area contributed by atoms with Crippen LogP contribution in [-0.4, -0.2) is 4.57 Å². The van der Waals surface area contributed by atoms with E-state index in [1.54, 1.807) is 6.07 Å². The van der Waals surface area contributed by atoms with Crippen molar-refractivity contribution in [3.8, 4) is 0 Å². The van der Waals surface area contributed by atoms with Gasteiger partial charge in [-0.05, 0) is 30.7 Å². The Bertz CT molecular complexity index is 558. The predicted molar refractivity (Wildman–Crippen MR) is 72.1 cm³/mol. The molecule has 20 heavy (non-hydrogen) atoms. The third-order valence-corrected chi connectivity index (χ3v) is 3.21. The largest absolute Gasteiger partial charge is 0.416 e. The summed E-state index contributed by atoms with van der Waals surface area (Å²) in [5.41, 5.74) is 0.768. The van der Waals surface area contributed by atoms with Gasteiger partial charge in [0.1, 0.15) is 0 Å². The van der Waals surface area contributed by atoms with Crippen LogP contribution in [0.2, 0.25) is 0 Å². The number of nitrogens with one attached hydrogen (secondary N) is 1. The van der Waals surface area contributed by atoms with E-state index in [2.05, 4.69) is 9.88 Å². The molecule has 0 aliphatic rings. The van der Waals surface area contributed by atoms with Crippen molar-refractivity contribution in [1.29, 1.82) is 0 Å². The topological polar surface area (TPSA) is 17.0 Å². The highest BCUT2D eigenvalue weighted by Crippen LogP contribution is 2.31. The van der Waals surface area contributed by atoms with Gasteiger partial charge in [-0.3, -0.25) is 0 Å². The van der Waals surface area contributed by atoms with Gasteiger partial charge in [-0.1, -0.05) is 18.2 Å². The van der Waals surface area contributed by atoms with E-state index in [9.17, 15) is 13.2 Å². The normalized spacial score (nSPS) is 11.8. The Hall–Kier alpha value is -1.75. The molecule has 0 radical (unpaired) electrons. The number of hydrogen-bond donors (Lipinski definition) is 1. The van der Waals surface area contributed by atoms with E-state index in [1.807, 2.05) is 25.3 Å². The van der Waals surface area contributed by atoms with Gasteiger partial charge in [-0.2, -0.15) is 13.2 Å². The van der Waals surface area contributed by atoms with E-state index >= 15 is 0 Å². The SMILES string of the molecule is CCn1cccc1CNCc1ccccc1C(F)(F)F. The molecule has 0 amide bonds. The average molecular weight is 282 g/mol. The van der Waals surface area contributed by atoms with Crippen molar-refractivity contribution in [3.05, 3.63) is 59.4 Å². The van der Waals surface area contributed by atoms with Crippen LogP contribution in [0.15, 0.2) is 42.6 Å². The number of nitrogens with zero attached hydrogens (tertiary/aromatic N) is 1. The molecular weight excluding hydrogens is 265 g/mol. The monoisotopic (exact) mass is 282 g/mol. The summed E-state index contributed by atoms with van der Waals surface area (Å²) < 4.78 is 40.6. The number of rotatable bonds is 5. The average Bonchev–Trinajstić information content (AvgIpc) is 2.85. The minimum atomic E-state index is -4.30. The summed E-state index contributed by atoms with van der Waals surface area (Å²) in [6.07, 6.45) is -2.34. The first-order valence-corrected chi connectivity index (χ1v) is 6.52. The van der Waals surface area contributed by atoms with Crippen molar-refractivity contribution >= 4 is 0 Å². The van der Waals surface area contributed by atoms with Crippen LogP contribution < -0.4 is 5.32 Å². The molecule has 1 aromatic heterocycles. The first-order valence-electron chi connectivity index (χ1n) is 6.52. The molecule has 0 fully saturated rings. The maximum atomic E-state index is 12.8. The van der Waals surface area contributed by atoms with E-state index < -0.39 is 11.7 Å². The highest BCUT2D eigenvalue weighted by atomic mass is 19.4. The first-order chi connectivity index (χ1) is 9.52. The smallest absolute Gasteiger partial charge is 0.351 e. The molecule has 2 rings (SSSR count). The highest BCUT2D eigenvalue weighted by molar-refractivity contribution is 5.29. The van der Waals surface area contributed by atoms with Crippen molar-refractivity contribution in [2.45, 2.75) is 32.7 Å². The van der Waals surface area contributed by atoms with Gasteiger partial charge in [0, 0.05) is 31.5 Å². The van der Waals surface area contributed by atoms with Crippen LogP contribution in [0, 0.1) is 0 Å². The Morgan fingerprint density at radius 1 is 1.05 bits per heavy atom. The standard InChI is InChI=1S/C15H17F3N2/c1-2-20-9-5-7-13(20)11-19-10-12-6-3-4-8-14(12)15(16,17)18/h3-9,19H,2,10-11H2,1H3. The number of alkyl halides is 3. The van der Waals surface area contributed by atoms with Gasteiger partial charge in [0.2, 0.25) is 0 Å². The van der Waals surface area contributed by atoms with Crippen molar-refractivity contribution in [2.24, 2.45) is 0 Å². The molecule has 1 heterocycles. The molecule has 0 unspecified atom stereocenters. The minimum absolute atomic E-state index is 0.199. The van der Waals surface area contributed by atoms with Gasteiger partial charge in [-0.25, -0.2) is 0 Å². The molecule has 2 aromatic rings. The number of aromatic nitrogens is 1. The lowest BCUT2D eigenvalue weighted by atomic mass is 10.1. The number of aryl methyl sites for hydroxylation is 1. The van der Waals surface area contributed by atoms with Crippen molar-refractivity contribution in [1.82, 2.24) is 9.88 Å². The lowest BCUT2D eigenvalue weighted by molar-refractivity contribution is -0.138. The van der Waals surface area contributed by atoms with Crippen LogP contribution in [-0.2, 0) is 25.8 Å². The van der Waals surface area contributed by atoms with Crippen LogP contribution in [0.4, 0.5) is 13.2 Å². The summed E-state index contributed by atoms with van der Waals surface area (Å²) in [5, 5.41) is 3.07. The summed E-state index contributed by atoms with van der Waals surface area (Å²) in [6, 6.07) is 9.56. The van der Waals surface area contributed by atoms with Gasteiger partial charge in [0.05, 0.1) is 5.56 Å². The summed E-state index contributed by atoms with van der Waals surface area (Å²) in [7, 11) is 0. The van der Waals surface area contributed by atoms with Gasteiger partial charge in [-0.15, -0.1) is 0 Å². The molecule has 0 saturated carbocycles. The van der Waals surface area contributed by atoms with Gasteiger partial charge in [0.25, 0.3) is 0 Å². The summed E-state index contributed by atoms with van der Waals surface area (Å²) >= 11 is 0. The lowest BCUT2D eigenvalue weighted by Gasteiger charge is -2.13. The molecule has 0 spiro atoms. The molecule has 2 nitrogen and oxygen atoms in total. The molecule has 0 aliphatic heterocycles. The van der Waals surface area contributed by atoms with E-state index in [-0.39, 0.29) is 12.1 Å². The fraction of sp³-hybridized carbons (Fsp3) is 0.333. The molecule has 0 bridgehead atoms. The molecular formula is C15H17F3N2. The number of hydrogen-bond acceptors (Lipinski definition) is 1. The van der Waals surface area contributed by atoms with Crippen LogP contribution in [0.5, 0.6) is 0 Å². The lowest BCUT2D eigenvalue weighted by Crippen LogP contribution is -2.18. The third-order valence-electron chi connectivity index (χ3n) is 3.21. The van der Waals surface area contributed by atoms with E-state index in [1.165, 1.54) is 12.1 Å². The molecule has 1 aromatic carbocycles. The van der Waals surface area contributed by atoms with Crippen LogP contribution >= 0.6 is 0 Å². The second-order valence-electron chi connectivity index (χ2n) is 4.54. The Morgan fingerprint density at radius 3 is 2.50 bits per heavy atom. The summed E-state index contributed by atoms with van der Waals surface area (Å²) in [5.74, 6) is 0. The Labute approximate surface area is 116 Å². The highest BCUT2D eigenvalue weighted by Gasteiger charge is 2.32. The zero-order chi connectivity index (χ0) is 14.6.